The molecule has 2 N–H and O–H groups in total. The van der Waals surface area contributed by atoms with E-state index >= 15 is 0 Å². The summed E-state index contributed by atoms with van der Waals surface area (Å²) in [5.74, 6) is 0. The highest BCUT2D eigenvalue weighted by atomic mass is 14.6. The van der Waals surface area contributed by atoms with Crippen LogP contribution in [0.1, 0.15) is 25.0 Å². The summed E-state index contributed by atoms with van der Waals surface area (Å²) in [5.41, 5.74) is 10.6. The summed E-state index contributed by atoms with van der Waals surface area (Å²) in [6.45, 7) is 7.65. The molecule has 0 spiro atoms. The van der Waals surface area contributed by atoms with Gasteiger partial charge in [0.2, 0.25) is 0 Å². The summed E-state index contributed by atoms with van der Waals surface area (Å²) in [5, 5.41) is 0. The Morgan fingerprint density at radius 3 is 2.62 bits per heavy atom. The molecule has 0 fully saturated rings. The molecule has 1 aromatic carbocycles. The third-order valence-electron chi connectivity index (χ3n) is 2.43. The van der Waals surface area contributed by atoms with Gasteiger partial charge >= 0.3 is 0 Å². The standard InChI is InChI=1S/C13H13N.C2H6/c1-2-3-7-12-11-8-5-4-6-10(11)9-13(12)14;1-2/h2-8H,1,9,14H2;1-2H3/b7-3-;. The van der Waals surface area contributed by atoms with Crippen LogP contribution in [-0.2, 0) is 6.42 Å². The van der Waals surface area contributed by atoms with Crippen molar-refractivity contribution in [2.45, 2.75) is 20.3 Å². The number of allylic oxidation sites excluding steroid dienone is 5. The van der Waals surface area contributed by atoms with Crippen LogP contribution in [0.5, 0.6) is 0 Å². The summed E-state index contributed by atoms with van der Waals surface area (Å²) < 4.78 is 0. The van der Waals surface area contributed by atoms with Crippen LogP contribution in [0.15, 0.2) is 54.8 Å². The van der Waals surface area contributed by atoms with Crippen LogP contribution >= 0.6 is 0 Å². The number of fused-ring (bicyclic) bond motifs is 1. The van der Waals surface area contributed by atoms with Gasteiger partial charge in [-0.3, -0.25) is 0 Å². The first-order valence-electron chi connectivity index (χ1n) is 5.69. The predicted molar refractivity (Wildman–Crippen MR) is 71.9 cm³/mol. The SMILES string of the molecule is C=C/C=C\C1=C(N)Cc2ccccc21.CC. The van der Waals surface area contributed by atoms with E-state index in [-0.39, 0.29) is 0 Å². The first kappa shape index (κ1) is 12.3. The lowest BCUT2D eigenvalue weighted by molar-refractivity contribution is 1.16. The lowest BCUT2D eigenvalue weighted by Gasteiger charge is -1.99. The van der Waals surface area contributed by atoms with Crippen LogP contribution in [0.2, 0.25) is 0 Å². The van der Waals surface area contributed by atoms with Crippen LogP contribution in [0.4, 0.5) is 0 Å². The molecule has 16 heavy (non-hydrogen) atoms. The first-order chi connectivity index (χ1) is 7.83. The van der Waals surface area contributed by atoms with Gasteiger partial charge in [-0.15, -0.1) is 0 Å². The van der Waals surface area contributed by atoms with Crippen molar-refractivity contribution in [3.8, 4) is 0 Å². The van der Waals surface area contributed by atoms with E-state index in [1.807, 2.05) is 38.1 Å². The molecule has 0 bridgehead atoms. The molecule has 0 amide bonds. The van der Waals surface area contributed by atoms with E-state index in [0.717, 1.165) is 17.7 Å². The molecule has 0 heterocycles. The van der Waals surface area contributed by atoms with E-state index in [1.54, 1.807) is 6.08 Å². The smallest absolute Gasteiger partial charge is 0.0205 e. The summed E-state index contributed by atoms with van der Waals surface area (Å²) >= 11 is 0. The summed E-state index contributed by atoms with van der Waals surface area (Å²) in [4.78, 5) is 0. The lowest BCUT2D eigenvalue weighted by atomic mass is 10.1. The minimum atomic E-state index is 0.868. The number of hydrogen-bond acceptors (Lipinski definition) is 1. The zero-order chi connectivity index (χ0) is 12.0. The van der Waals surface area contributed by atoms with Gasteiger partial charge in [0.25, 0.3) is 0 Å². The molecular formula is C15H19N. The van der Waals surface area contributed by atoms with E-state index in [1.165, 1.54) is 11.1 Å². The second-order valence-corrected chi connectivity index (χ2v) is 3.37. The van der Waals surface area contributed by atoms with Gasteiger partial charge in [-0.05, 0) is 11.1 Å². The molecule has 1 aromatic rings. The van der Waals surface area contributed by atoms with Crippen molar-refractivity contribution in [3.05, 3.63) is 65.9 Å². The van der Waals surface area contributed by atoms with Gasteiger partial charge in [-0.1, -0.05) is 62.9 Å². The molecule has 0 saturated carbocycles. The Labute approximate surface area is 98.0 Å². The summed E-state index contributed by atoms with van der Waals surface area (Å²) in [6, 6.07) is 8.32. The molecule has 0 saturated heterocycles. The molecule has 1 aliphatic rings. The van der Waals surface area contributed by atoms with Crippen LogP contribution in [0.25, 0.3) is 5.57 Å². The fourth-order valence-electron chi connectivity index (χ4n) is 1.77. The molecule has 0 radical (unpaired) electrons. The molecule has 0 atom stereocenters. The maximum absolute atomic E-state index is 5.96. The van der Waals surface area contributed by atoms with Crippen molar-refractivity contribution in [3.63, 3.8) is 0 Å². The third-order valence-corrected chi connectivity index (χ3v) is 2.43. The summed E-state index contributed by atoms with van der Waals surface area (Å²) in [7, 11) is 0. The fraction of sp³-hybridized carbons (Fsp3) is 0.200. The highest BCUT2D eigenvalue weighted by Gasteiger charge is 2.16. The van der Waals surface area contributed by atoms with Gasteiger partial charge in [0.1, 0.15) is 0 Å². The van der Waals surface area contributed by atoms with Gasteiger partial charge in [-0.25, -0.2) is 0 Å². The maximum atomic E-state index is 5.96. The van der Waals surface area contributed by atoms with Crippen LogP contribution < -0.4 is 5.73 Å². The van der Waals surface area contributed by atoms with Crippen LogP contribution in [-0.4, -0.2) is 0 Å². The van der Waals surface area contributed by atoms with Crippen molar-refractivity contribution < 1.29 is 0 Å². The van der Waals surface area contributed by atoms with Crippen LogP contribution in [0.3, 0.4) is 0 Å². The largest absolute Gasteiger partial charge is 0.401 e. The second-order valence-electron chi connectivity index (χ2n) is 3.37. The van der Waals surface area contributed by atoms with Crippen molar-refractivity contribution in [1.82, 2.24) is 0 Å². The van der Waals surface area contributed by atoms with Crippen molar-refractivity contribution >= 4 is 5.57 Å². The minimum absolute atomic E-state index is 0.868. The van der Waals surface area contributed by atoms with Gasteiger partial charge in [-0.2, -0.15) is 0 Å². The molecule has 2 rings (SSSR count). The molecule has 0 aliphatic heterocycles. The van der Waals surface area contributed by atoms with Gasteiger partial charge in [0.15, 0.2) is 0 Å². The second kappa shape index (κ2) is 5.96. The Bertz CT molecular complexity index is 425. The monoisotopic (exact) mass is 213 g/mol. The topological polar surface area (TPSA) is 26.0 Å². The Morgan fingerprint density at radius 1 is 1.25 bits per heavy atom. The Kier molecular flexibility index (Phi) is 4.59. The Balaban J connectivity index is 0.000000606. The lowest BCUT2D eigenvalue weighted by Crippen LogP contribution is -1.96. The normalized spacial score (nSPS) is 13.4. The van der Waals surface area contributed by atoms with Gasteiger partial charge < -0.3 is 5.73 Å². The zero-order valence-electron chi connectivity index (χ0n) is 10.0. The maximum Gasteiger partial charge on any atom is 0.0205 e. The minimum Gasteiger partial charge on any atom is -0.401 e. The molecule has 84 valence electrons. The van der Waals surface area contributed by atoms with E-state index in [9.17, 15) is 0 Å². The van der Waals surface area contributed by atoms with E-state index in [4.69, 9.17) is 5.73 Å². The molecule has 1 heteroatoms. The third kappa shape index (κ3) is 2.43. The van der Waals surface area contributed by atoms with Gasteiger partial charge in [0.05, 0.1) is 0 Å². The van der Waals surface area contributed by atoms with Gasteiger partial charge in [0, 0.05) is 17.7 Å². The highest BCUT2D eigenvalue weighted by molar-refractivity contribution is 5.82. The fourth-order valence-corrected chi connectivity index (χ4v) is 1.77. The quantitative estimate of drug-likeness (QED) is 0.745. The number of hydrogen-bond donors (Lipinski definition) is 1. The Morgan fingerprint density at radius 2 is 1.94 bits per heavy atom. The summed E-state index contributed by atoms with van der Waals surface area (Å²) in [6.07, 6.45) is 6.58. The van der Waals surface area contributed by atoms with Crippen molar-refractivity contribution in [2.75, 3.05) is 0 Å². The molecule has 0 aromatic heterocycles. The zero-order valence-corrected chi connectivity index (χ0v) is 10.0. The van der Waals surface area contributed by atoms with Crippen molar-refractivity contribution in [1.29, 1.82) is 0 Å². The van der Waals surface area contributed by atoms with E-state index in [2.05, 4.69) is 18.7 Å². The van der Waals surface area contributed by atoms with Crippen LogP contribution in [0, 0.1) is 0 Å². The molecule has 0 unspecified atom stereocenters. The highest BCUT2D eigenvalue weighted by Crippen LogP contribution is 2.30. The predicted octanol–water partition coefficient (Wildman–Crippen LogP) is 3.68. The number of nitrogens with two attached hydrogens (primary N) is 1. The molecule has 1 nitrogen and oxygen atoms in total. The van der Waals surface area contributed by atoms with E-state index < -0.39 is 0 Å². The molecular weight excluding hydrogens is 194 g/mol. The number of rotatable bonds is 2. The van der Waals surface area contributed by atoms with E-state index in [0.29, 0.717) is 0 Å². The average molecular weight is 213 g/mol. The first-order valence-corrected chi connectivity index (χ1v) is 5.69. The number of benzene rings is 1. The Hall–Kier alpha value is -1.76. The molecule has 1 aliphatic carbocycles. The average Bonchev–Trinajstić information content (AvgIpc) is 2.65. The van der Waals surface area contributed by atoms with Crippen molar-refractivity contribution in [2.24, 2.45) is 5.73 Å².